The van der Waals surface area contributed by atoms with Gasteiger partial charge in [0.1, 0.15) is 6.61 Å². The van der Waals surface area contributed by atoms with E-state index in [0.29, 0.717) is 0 Å². The summed E-state index contributed by atoms with van der Waals surface area (Å²) in [6, 6.07) is 5.88. The molecule has 0 radical (unpaired) electrons. The van der Waals surface area contributed by atoms with Crippen LogP contribution in [0.15, 0.2) is 18.2 Å². The maximum absolute atomic E-state index is 12.0. The molecule has 1 aliphatic heterocycles. The summed E-state index contributed by atoms with van der Waals surface area (Å²) in [6.45, 7) is 4.17. The monoisotopic (exact) mass is 350 g/mol. The largest absolute Gasteiger partial charge is 0.375 e. The van der Waals surface area contributed by atoms with Crippen molar-refractivity contribution >= 4 is 28.4 Å². The molecule has 1 aliphatic rings. The van der Waals surface area contributed by atoms with Gasteiger partial charge in [0.25, 0.3) is 0 Å². The Morgan fingerprint density at radius 3 is 2.92 bits per heavy atom. The SMILES string of the molecule is COCC(=O)N1CCCN(Cc2nn(C)c3cccc(Cl)c23)CC1. The van der Waals surface area contributed by atoms with Crippen molar-refractivity contribution in [3.8, 4) is 0 Å². The van der Waals surface area contributed by atoms with Crippen LogP contribution in [0.1, 0.15) is 12.1 Å². The third-order valence-electron chi connectivity index (χ3n) is 4.48. The summed E-state index contributed by atoms with van der Waals surface area (Å²) in [5.41, 5.74) is 2.04. The molecule has 0 aliphatic carbocycles. The number of halogens is 1. The third-order valence-corrected chi connectivity index (χ3v) is 4.80. The summed E-state index contributed by atoms with van der Waals surface area (Å²) in [7, 11) is 3.49. The third kappa shape index (κ3) is 3.55. The summed E-state index contributed by atoms with van der Waals surface area (Å²) in [4.78, 5) is 16.2. The fourth-order valence-corrected chi connectivity index (χ4v) is 3.55. The molecule has 24 heavy (non-hydrogen) atoms. The Kier molecular flexibility index (Phi) is 5.38. The molecule has 1 amide bonds. The maximum atomic E-state index is 12.0. The number of amides is 1. The molecule has 2 aromatic rings. The second-order valence-electron chi connectivity index (χ2n) is 6.15. The second-order valence-corrected chi connectivity index (χ2v) is 6.55. The lowest BCUT2D eigenvalue weighted by molar-refractivity contribution is -0.135. The van der Waals surface area contributed by atoms with Gasteiger partial charge in [0.05, 0.1) is 16.2 Å². The Morgan fingerprint density at radius 2 is 2.12 bits per heavy atom. The highest BCUT2D eigenvalue weighted by Crippen LogP contribution is 2.27. The van der Waals surface area contributed by atoms with E-state index < -0.39 is 0 Å². The van der Waals surface area contributed by atoms with Gasteiger partial charge < -0.3 is 9.64 Å². The standard InChI is InChI=1S/C17H23ClN4O2/c1-20-15-6-3-5-13(18)17(15)14(19-20)11-21-7-4-8-22(10-9-21)16(23)12-24-2/h3,5-6H,4,7-12H2,1-2H3. The lowest BCUT2D eigenvalue weighted by atomic mass is 10.2. The highest BCUT2D eigenvalue weighted by Gasteiger charge is 2.21. The molecule has 1 aromatic heterocycles. The average Bonchev–Trinajstić information content (AvgIpc) is 2.73. The highest BCUT2D eigenvalue weighted by molar-refractivity contribution is 6.35. The lowest BCUT2D eigenvalue weighted by Crippen LogP contribution is -2.37. The first-order chi connectivity index (χ1) is 11.6. The first-order valence-electron chi connectivity index (χ1n) is 8.19. The van der Waals surface area contributed by atoms with Gasteiger partial charge in [0.15, 0.2) is 0 Å². The minimum Gasteiger partial charge on any atom is -0.375 e. The van der Waals surface area contributed by atoms with Gasteiger partial charge in [-0.15, -0.1) is 0 Å². The number of methoxy groups -OCH3 is 1. The van der Waals surface area contributed by atoms with Gasteiger partial charge in [0.2, 0.25) is 5.91 Å². The van der Waals surface area contributed by atoms with Gasteiger partial charge in [-0.05, 0) is 18.6 Å². The molecular formula is C17H23ClN4O2. The summed E-state index contributed by atoms with van der Waals surface area (Å²) >= 11 is 6.39. The van der Waals surface area contributed by atoms with E-state index >= 15 is 0 Å². The number of benzene rings is 1. The number of nitrogens with zero attached hydrogens (tertiary/aromatic N) is 4. The molecule has 0 unspecified atom stereocenters. The quantitative estimate of drug-likeness (QED) is 0.845. The molecule has 3 rings (SSSR count). The van der Waals surface area contributed by atoms with Crippen LogP contribution in [-0.4, -0.2) is 65.4 Å². The smallest absolute Gasteiger partial charge is 0.248 e. The van der Waals surface area contributed by atoms with Crippen molar-refractivity contribution in [3.05, 3.63) is 28.9 Å². The Labute approximate surface area is 146 Å². The van der Waals surface area contributed by atoms with E-state index in [9.17, 15) is 4.79 Å². The summed E-state index contributed by atoms with van der Waals surface area (Å²) in [5.74, 6) is 0.0608. The van der Waals surface area contributed by atoms with Crippen LogP contribution >= 0.6 is 11.6 Å². The maximum Gasteiger partial charge on any atom is 0.248 e. The first-order valence-corrected chi connectivity index (χ1v) is 8.57. The van der Waals surface area contributed by atoms with Crippen LogP contribution in [0, 0.1) is 0 Å². The van der Waals surface area contributed by atoms with Crippen molar-refractivity contribution in [3.63, 3.8) is 0 Å². The van der Waals surface area contributed by atoms with Gasteiger partial charge >= 0.3 is 0 Å². The fourth-order valence-electron chi connectivity index (χ4n) is 3.27. The number of aromatic nitrogens is 2. The number of fused-ring (bicyclic) bond motifs is 1. The molecule has 1 fully saturated rings. The zero-order chi connectivity index (χ0) is 17.1. The fraction of sp³-hybridized carbons (Fsp3) is 0.529. The number of ether oxygens (including phenoxy) is 1. The number of hydrogen-bond donors (Lipinski definition) is 0. The van der Waals surface area contributed by atoms with Crippen molar-refractivity contribution in [2.45, 2.75) is 13.0 Å². The van der Waals surface area contributed by atoms with Crippen LogP contribution in [0.2, 0.25) is 5.02 Å². The van der Waals surface area contributed by atoms with Crippen LogP contribution in [-0.2, 0) is 23.1 Å². The van der Waals surface area contributed by atoms with Crippen LogP contribution in [0.5, 0.6) is 0 Å². The van der Waals surface area contributed by atoms with E-state index in [1.54, 1.807) is 7.11 Å². The molecule has 130 valence electrons. The lowest BCUT2D eigenvalue weighted by Gasteiger charge is -2.21. The first kappa shape index (κ1) is 17.2. The molecular weight excluding hydrogens is 328 g/mol. The Balaban J connectivity index is 1.72. The molecule has 0 N–H and O–H groups in total. The summed E-state index contributed by atoms with van der Waals surface area (Å²) in [5, 5.41) is 6.41. The van der Waals surface area contributed by atoms with Crippen molar-refractivity contribution in [1.29, 1.82) is 0 Å². The van der Waals surface area contributed by atoms with Gasteiger partial charge in [-0.3, -0.25) is 14.4 Å². The van der Waals surface area contributed by atoms with Crippen LogP contribution in [0.3, 0.4) is 0 Å². The Bertz CT molecular complexity index is 731. The van der Waals surface area contributed by atoms with E-state index in [-0.39, 0.29) is 12.5 Å². The summed E-state index contributed by atoms with van der Waals surface area (Å²) in [6.07, 6.45) is 0.952. The van der Waals surface area contributed by atoms with E-state index in [2.05, 4.69) is 10.00 Å². The molecule has 0 spiro atoms. The molecule has 0 saturated carbocycles. The van der Waals surface area contributed by atoms with Crippen molar-refractivity contribution in [2.75, 3.05) is 39.9 Å². The van der Waals surface area contributed by atoms with Crippen molar-refractivity contribution in [1.82, 2.24) is 19.6 Å². The molecule has 1 aromatic carbocycles. The van der Waals surface area contributed by atoms with Gasteiger partial charge in [0, 0.05) is 52.3 Å². The predicted molar refractivity (Wildman–Crippen MR) is 94.1 cm³/mol. The van der Waals surface area contributed by atoms with E-state index in [0.717, 1.165) is 60.8 Å². The van der Waals surface area contributed by atoms with Gasteiger partial charge in [-0.1, -0.05) is 17.7 Å². The average molecular weight is 351 g/mol. The Hall–Kier alpha value is -1.63. The molecule has 1 saturated heterocycles. The van der Waals surface area contributed by atoms with Crippen molar-refractivity contribution < 1.29 is 9.53 Å². The normalized spacial score (nSPS) is 16.5. The second kappa shape index (κ2) is 7.51. The van der Waals surface area contributed by atoms with Crippen LogP contribution < -0.4 is 0 Å². The molecule has 7 heteroatoms. The molecule has 0 bridgehead atoms. The number of aryl methyl sites for hydroxylation is 1. The molecule has 2 heterocycles. The van der Waals surface area contributed by atoms with Crippen LogP contribution in [0.25, 0.3) is 10.9 Å². The number of hydrogen-bond acceptors (Lipinski definition) is 4. The van der Waals surface area contributed by atoms with Gasteiger partial charge in [-0.2, -0.15) is 5.10 Å². The topological polar surface area (TPSA) is 50.6 Å². The zero-order valence-corrected chi connectivity index (χ0v) is 14.9. The van der Waals surface area contributed by atoms with E-state index in [1.807, 2.05) is 34.8 Å². The Morgan fingerprint density at radius 1 is 1.29 bits per heavy atom. The number of rotatable bonds is 4. The molecule has 6 nitrogen and oxygen atoms in total. The minimum atomic E-state index is 0.0608. The van der Waals surface area contributed by atoms with E-state index in [4.69, 9.17) is 16.3 Å². The molecule has 0 atom stereocenters. The summed E-state index contributed by atoms with van der Waals surface area (Å²) < 4.78 is 6.83. The van der Waals surface area contributed by atoms with E-state index in [1.165, 1.54) is 0 Å². The van der Waals surface area contributed by atoms with Crippen molar-refractivity contribution in [2.24, 2.45) is 7.05 Å². The number of carbonyl (C=O) groups is 1. The minimum absolute atomic E-state index is 0.0608. The van der Waals surface area contributed by atoms with Gasteiger partial charge in [-0.25, -0.2) is 0 Å². The zero-order valence-electron chi connectivity index (χ0n) is 14.2. The predicted octanol–water partition coefficient (Wildman–Crippen LogP) is 1.91. The number of carbonyl (C=O) groups excluding carboxylic acids is 1. The van der Waals surface area contributed by atoms with Crippen LogP contribution in [0.4, 0.5) is 0 Å². The highest BCUT2D eigenvalue weighted by atomic mass is 35.5.